The van der Waals surface area contributed by atoms with Crippen molar-refractivity contribution in [1.82, 2.24) is 15.2 Å². The Kier molecular flexibility index (Phi) is 8.08. The number of aliphatic carboxylic acids is 1. The van der Waals surface area contributed by atoms with E-state index in [0.29, 0.717) is 24.3 Å². The first-order chi connectivity index (χ1) is 15.3. The van der Waals surface area contributed by atoms with E-state index in [1.54, 1.807) is 29.2 Å². The molecule has 0 aliphatic carbocycles. The van der Waals surface area contributed by atoms with E-state index in [0.717, 1.165) is 25.2 Å². The van der Waals surface area contributed by atoms with Crippen LogP contribution in [0.1, 0.15) is 26.5 Å². The number of H-pyrrole nitrogens is 1. The number of aromatic nitrogens is 1. The Labute approximate surface area is 182 Å². The van der Waals surface area contributed by atoms with Gasteiger partial charge in [0.05, 0.1) is 0 Å². The molecule has 1 saturated heterocycles. The summed E-state index contributed by atoms with van der Waals surface area (Å²) in [5.41, 5.74) is -0.308. The molecule has 0 radical (unpaired) electrons. The number of hydrogen-bond donors (Lipinski definition) is 4. The molecule has 0 spiro atoms. The molecule has 1 aromatic heterocycles. The molecule has 0 atom stereocenters. The molecule has 14 heteroatoms. The van der Waals surface area contributed by atoms with E-state index in [9.17, 15) is 35.9 Å². The minimum atomic E-state index is -5.08. The molecule has 2 amide bonds. The van der Waals surface area contributed by atoms with Crippen LogP contribution in [-0.2, 0) is 11.0 Å². The molecular formula is C19H18F6N4O4. The van der Waals surface area contributed by atoms with Gasteiger partial charge in [0, 0.05) is 37.4 Å². The number of halogens is 6. The lowest BCUT2D eigenvalue weighted by Crippen LogP contribution is -2.46. The number of rotatable bonds is 3. The summed E-state index contributed by atoms with van der Waals surface area (Å²) in [7, 11) is 0. The zero-order valence-electron chi connectivity index (χ0n) is 16.7. The van der Waals surface area contributed by atoms with Crippen LogP contribution in [0.4, 0.5) is 32.0 Å². The fourth-order valence-electron chi connectivity index (χ4n) is 2.64. The summed E-state index contributed by atoms with van der Waals surface area (Å²) in [6, 6.07) is 8.12. The Morgan fingerprint density at radius 1 is 0.909 bits per heavy atom. The number of amides is 2. The van der Waals surface area contributed by atoms with Crippen molar-refractivity contribution in [1.29, 1.82) is 0 Å². The van der Waals surface area contributed by atoms with E-state index in [2.05, 4.69) is 10.6 Å². The summed E-state index contributed by atoms with van der Waals surface area (Å²) >= 11 is 0. The topological polar surface area (TPSA) is 115 Å². The van der Waals surface area contributed by atoms with E-state index in [4.69, 9.17) is 9.90 Å². The average molecular weight is 480 g/mol. The van der Waals surface area contributed by atoms with Crippen LogP contribution in [0.5, 0.6) is 0 Å². The number of hydrogen-bond acceptors (Lipinski definition) is 4. The molecule has 4 N–H and O–H groups in total. The highest BCUT2D eigenvalue weighted by Crippen LogP contribution is 2.28. The summed E-state index contributed by atoms with van der Waals surface area (Å²) in [4.78, 5) is 37.1. The number of anilines is 1. The van der Waals surface area contributed by atoms with Crippen molar-refractivity contribution in [2.24, 2.45) is 0 Å². The third kappa shape index (κ3) is 7.52. The highest BCUT2D eigenvalue weighted by atomic mass is 19.4. The maximum Gasteiger partial charge on any atom is 0.490 e. The van der Waals surface area contributed by atoms with Crippen LogP contribution in [0.15, 0.2) is 36.4 Å². The molecule has 1 aliphatic rings. The number of carbonyl (C=O) groups excluding carboxylic acids is 2. The number of aromatic amines is 1. The lowest BCUT2D eigenvalue weighted by Gasteiger charge is -2.27. The molecular weight excluding hydrogens is 462 g/mol. The Morgan fingerprint density at radius 2 is 1.45 bits per heavy atom. The standard InChI is InChI=1S/C17H17F3N4O2.C2HF3O2/c18-17(19,20)14-6-5-13(23-14)15(25)22-12-3-1-11(2-4-12)16(26)24-9-7-21-8-10-24;3-2(4,5)1(6)7/h1-6,21,23H,7-10H2,(H,22,25);(H,6,7). The molecule has 2 aromatic rings. The quantitative estimate of drug-likeness (QED) is 0.505. The van der Waals surface area contributed by atoms with Gasteiger partial charge in [0.2, 0.25) is 0 Å². The first kappa shape index (κ1) is 25.7. The number of carboxylic acid groups (broad SMARTS) is 1. The van der Waals surface area contributed by atoms with E-state index in [-0.39, 0.29) is 11.6 Å². The number of piperazine rings is 1. The third-order valence-electron chi connectivity index (χ3n) is 4.27. The van der Waals surface area contributed by atoms with Gasteiger partial charge in [0.15, 0.2) is 0 Å². The number of nitrogens with one attached hydrogen (secondary N) is 3. The van der Waals surface area contributed by atoms with Crippen molar-refractivity contribution in [3.63, 3.8) is 0 Å². The lowest BCUT2D eigenvalue weighted by atomic mass is 10.1. The van der Waals surface area contributed by atoms with Gasteiger partial charge in [0.1, 0.15) is 11.4 Å². The van der Waals surface area contributed by atoms with Crippen molar-refractivity contribution >= 4 is 23.5 Å². The fourth-order valence-corrected chi connectivity index (χ4v) is 2.64. The van der Waals surface area contributed by atoms with Crippen molar-refractivity contribution < 1.29 is 45.8 Å². The maximum absolute atomic E-state index is 12.6. The van der Waals surface area contributed by atoms with Gasteiger partial charge in [-0.05, 0) is 36.4 Å². The zero-order valence-corrected chi connectivity index (χ0v) is 16.7. The Morgan fingerprint density at radius 3 is 1.91 bits per heavy atom. The van der Waals surface area contributed by atoms with Gasteiger partial charge in [-0.3, -0.25) is 9.59 Å². The molecule has 0 bridgehead atoms. The molecule has 0 unspecified atom stereocenters. The minimum Gasteiger partial charge on any atom is -0.475 e. The van der Waals surface area contributed by atoms with Crippen LogP contribution < -0.4 is 10.6 Å². The Hall–Kier alpha value is -3.55. The van der Waals surface area contributed by atoms with Crippen molar-refractivity contribution in [3.8, 4) is 0 Å². The first-order valence-corrected chi connectivity index (χ1v) is 9.27. The van der Waals surface area contributed by atoms with Gasteiger partial charge < -0.3 is 25.6 Å². The molecule has 33 heavy (non-hydrogen) atoms. The van der Waals surface area contributed by atoms with Crippen LogP contribution in [0.2, 0.25) is 0 Å². The van der Waals surface area contributed by atoms with Gasteiger partial charge >= 0.3 is 18.3 Å². The highest BCUT2D eigenvalue weighted by molar-refractivity contribution is 6.03. The monoisotopic (exact) mass is 480 g/mol. The van der Waals surface area contributed by atoms with Gasteiger partial charge in [-0.2, -0.15) is 26.3 Å². The number of benzene rings is 1. The first-order valence-electron chi connectivity index (χ1n) is 9.27. The van der Waals surface area contributed by atoms with Crippen molar-refractivity contribution in [2.45, 2.75) is 12.4 Å². The summed E-state index contributed by atoms with van der Waals surface area (Å²) in [6.45, 7) is 2.75. The predicted molar refractivity (Wildman–Crippen MR) is 103 cm³/mol. The number of alkyl halides is 6. The summed E-state index contributed by atoms with van der Waals surface area (Å²) in [5, 5.41) is 12.8. The van der Waals surface area contributed by atoms with Crippen LogP contribution in [0.25, 0.3) is 0 Å². The van der Waals surface area contributed by atoms with Crippen molar-refractivity contribution in [3.05, 3.63) is 53.3 Å². The number of carboxylic acids is 1. The predicted octanol–water partition coefficient (Wildman–Crippen LogP) is 2.96. The van der Waals surface area contributed by atoms with Gasteiger partial charge in [-0.15, -0.1) is 0 Å². The van der Waals surface area contributed by atoms with Crippen LogP contribution in [-0.4, -0.2) is 65.1 Å². The molecule has 3 rings (SSSR count). The molecule has 2 heterocycles. The third-order valence-corrected chi connectivity index (χ3v) is 4.27. The van der Waals surface area contributed by atoms with Crippen LogP contribution in [0.3, 0.4) is 0 Å². The minimum absolute atomic E-state index is 0.0939. The normalized spacial score (nSPS) is 14.2. The second-order valence-electron chi connectivity index (χ2n) is 6.66. The lowest BCUT2D eigenvalue weighted by molar-refractivity contribution is -0.192. The second kappa shape index (κ2) is 10.4. The maximum atomic E-state index is 12.6. The van der Waals surface area contributed by atoms with Crippen molar-refractivity contribution in [2.75, 3.05) is 31.5 Å². The summed E-state index contributed by atoms with van der Waals surface area (Å²) in [5.74, 6) is -3.54. The molecule has 1 aliphatic heterocycles. The highest BCUT2D eigenvalue weighted by Gasteiger charge is 2.38. The fraction of sp³-hybridized carbons (Fsp3) is 0.316. The van der Waals surface area contributed by atoms with E-state index in [1.165, 1.54) is 0 Å². The summed E-state index contributed by atoms with van der Waals surface area (Å²) < 4.78 is 69.4. The Bertz CT molecular complexity index is 979. The van der Waals surface area contributed by atoms with Gasteiger partial charge in [0.25, 0.3) is 11.8 Å². The second-order valence-corrected chi connectivity index (χ2v) is 6.66. The summed E-state index contributed by atoms with van der Waals surface area (Å²) in [6.07, 6.45) is -9.62. The molecule has 8 nitrogen and oxygen atoms in total. The van der Waals surface area contributed by atoms with E-state index in [1.807, 2.05) is 4.98 Å². The average Bonchev–Trinajstić information content (AvgIpc) is 3.25. The largest absolute Gasteiger partial charge is 0.490 e. The molecule has 180 valence electrons. The SMILES string of the molecule is O=C(Nc1ccc(C(=O)N2CCNCC2)cc1)c1ccc(C(F)(F)F)[nH]1.O=C(O)C(F)(F)F. The van der Waals surface area contributed by atoms with Gasteiger partial charge in [-0.1, -0.05) is 0 Å². The van der Waals surface area contributed by atoms with Crippen LogP contribution >= 0.6 is 0 Å². The Balaban J connectivity index is 0.000000479. The van der Waals surface area contributed by atoms with E-state index < -0.39 is 29.9 Å². The molecule has 1 aromatic carbocycles. The molecule has 0 saturated carbocycles. The zero-order chi connectivity index (χ0) is 24.8. The smallest absolute Gasteiger partial charge is 0.475 e. The van der Waals surface area contributed by atoms with Gasteiger partial charge in [-0.25, -0.2) is 4.79 Å². The number of carbonyl (C=O) groups is 3. The van der Waals surface area contributed by atoms with Crippen LogP contribution in [0, 0.1) is 0 Å². The number of nitrogens with zero attached hydrogens (tertiary/aromatic N) is 1. The molecule has 1 fully saturated rings. The van der Waals surface area contributed by atoms with E-state index >= 15 is 0 Å².